The third kappa shape index (κ3) is 2.33. The smallest absolute Gasteiger partial charge is 0.245 e. The summed E-state index contributed by atoms with van der Waals surface area (Å²) in [5, 5.41) is 8.38. The fourth-order valence-corrected chi connectivity index (χ4v) is 1.44. The standard InChI is InChI=1S/C8H4F3NOS/c9-8(10,11)14(13)7-3-1-6(5-12)2-4-7/h1-4H. The zero-order chi connectivity index (χ0) is 10.8. The molecular formula is C8H4F3NOS. The number of hydrogen-bond donors (Lipinski definition) is 0. The fraction of sp³-hybridized carbons (Fsp3) is 0.125. The average Bonchev–Trinajstić information content (AvgIpc) is 2.15. The van der Waals surface area contributed by atoms with E-state index >= 15 is 0 Å². The predicted molar refractivity (Wildman–Crippen MR) is 43.6 cm³/mol. The molecule has 1 rings (SSSR count). The van der Waals surface area contributed by atoms with Gasteiger partial charge in [-0.2, -0.15) is 18.4 Å². The van der Waals surface area contributed by atoms with E-state index in [4.69, 9.17) is 5.26 Å². The lowest BCUT2D eigenvalue weighted by molar-refractivity contribution is -0.0384. The Morgan fingerprint density at radius 3 is 2.07 bits per heavy atom. The summed E-state index contributed by atoms with van der Waals surface area (Å²) in [5.41, 5.74) is -4.53. The Bertz CT molecular complexity index is 391. The third-order valence-corrected chi connectivity index (χ3v) is 2.53. The zero-order valence-corrected chi connectivity index (χ0v) is 7.52. The Morgan fingerprint density at radius 2 is 1.71 bits per heavy atom. The molecule has 74 valence electrons. The molecule has 2 nitrogen and oxygen atoms in total. The molecule has 0 fully saturated rings. The van der Waals surface area contributed by atoms with Gasteiger partial charge in [0.25, 0.3) is 0 Å². The maximum atomic E-state index is 12.0. The van der Waals surface area contributed by atoms with Crippen molar-refractivity contribution in [3.05, 3.63) is 29.8 Å². The minimum Gasteiger partial charge on any atom is -0.245 e. The van der Waals surface area contributed by atoms with E-state index in [2.05, 4.69) is 0 Å². The zero-order valence-electron chi connectivity index (χ0n) is 6.71. The lowest BCUT2D eigenvalue weighted by Crippen LogP contribution is -2.16. The van der Waals surface area contributed by atoms with Crippen molar-refractivity contribution in [1.29, 1.82) is 5.26 Å². The van der Waals surface area contributed by atoms with Gasteiger partial charge in [-0.05, 0) is 24.3 Å². The molecule has 14 heavy (non-hydrogen) atoms. The predicted octanol–water partition coefficient (Wildman–Crippen LogP) is 2.19. The van der Waals surface area contributed by atoms with E-state index in [-0.39, 0.29) is 10.5 Å². The maximum Gasteiger partial charge on any atom is 0.475 e. The van der Waals surface area contributed by atoms with E-state index in [1.165, 1.54) is 12.1 Å². The SMILES string of the molecule is N#Cc1ccc(S(=O)C(F)(F)F)cc1. The number of nitriles is 1. The van der Waals surface area contributed by atoms with Gasteiger partial charge in [0, 0.05) is 4.90 Å². The first-order chi connectivity index (χ1) is 6.45. The summed E-state index contributed by atoms with van der Waals surface area (Å²) in [5.74, 6) is 0. The van der Waals surface area contributed by atoms with E-state index in [9.17, 15) is 17.4 Å². The van der Waals surface area contributed by atoms with E-state index in [1.807, 2.05) is 0 Å². The summed E-state index contributed by atoms with van der Waals surface area (Å²) in [7, 11) is -3.02. The van der Waals surface area contributed by atoms with Crippen molar-refractivity contribution >= 4 is 10.8 Å². The molecule has 0 aromatic heterocycles. The van der Waals surface area contributed by atoms with E-state index in [0.29, 0.717) is 0 Å². The first-order valence-corrected chi connectivity index (χ1v) is 4.59. The maximum absolute atomic E-state index is 12.0. The monoisotopic (exact) mass is 219 g/mol. The lowest BCUT2D eigenvalue weighted by atomic mass is 10.2. The van der Waals surface area contributed by atoms with Crippen LogP contribution in [0, 0.1) is 11.3 Å². The van der Waals surface area contributed by atoms with Crippen LogP contribution in [0.25, 0.3) is 0 Å². The minimum atomic E-state index is -4.76. The van der Waals surface area contributed by atoms with Crippen LogP contribution in [0.1, 0.15) is 5.56 Å². The van der Waals surface area contributed by atoms with Crippen molar-refractivity contribution in [2.45, 2.75) is 10.4 Å². The molecule has 0 saturated heterocycles. The summed E-state index contributed by atoms with van der Waals surface area (Å²) in [6.45, 7) is 0. The summed E-state index contributed by atoms with van der Waals surface area (Å²) in [4.78, 5) is -0.350. The Labute approximate surface area is 80.4 Å². The van der Waals surface area contributed by atoms with Gasteiger partial charge in [0.15, 0.2) is 10.8 Å². The normalized spacial score (nSPS) is 13.3. The molecule has 0 aliphatic rings. The van der Waals surface area contributed by atoms with Crippen molar-refractivity contribution < 1.29 is 17.4 Å². The summed E-state index contributed by atoms with van der Waals surface area (Å²) in [6, 6.07) is 6.20. The molecule has 0 amide bonds. The number of benzene rings is 1. The molecule has 1 aromatic carbocycles. The van der Waals surface area contributed by atoms with Crippen molar-refractivity contribution in [3.63, 3.8) is 0 Å². The lowest BCUT2D eigenvalue weighted by Gasteiger charge is -2.05. The van der Waals surface area contributed by atoms with Gasteiger partial charge < -0.3 is 0 Å². The Kier molecular flexibility index (Phi) is 2.91. The highest BCUT2D eigenvalue weighted by molar-refractivity contribution is 7.86. The van der Waals surface area contributed by atoms with Crippen LogP contribution in [0.3, 0.4) is 0 Å². The van der Waals surface area contributed by atoms with Gasteiger partial charge in [0.1, 0.15) is 0 Å². The van der Waals surface area contributed by atoms with Crippen LogP contribution in [-0.2, 0) is 10.8 Å². The van der Waals surface area contributed by atoms with E-state index in [1.54, 1.807) is 6.07 Å². The summed E-state index contributed by atoms with van der Waals surface area (Å²) >= 11 is 0. The number of nitrogens with zero attached hydrogens (tertiary/aromatic N) is 1. The van der Waals surface area contributed by atoms with Crippen LogP contribution in [0.15, 0.2) is 29.2 Å². The number of halogens is 3. The first-order valence-electron chi connectivity index (χ1n) is 3.44. The molecule has 6 heteroatoms. The molecule has 0 aliphatic carbocycles. The number of hydrogen-bond acceptors (Lipinski definition) is 2. The van der Waals surface area contributed by atoms with Gasteiger partial charge in [0.05, 0.1) is 11.6 Å². The molecule has 1 aromatic rings. The van der Waals surface area contributed by atoms with Crippen LogP contribution in [0.4, 0.5) is 13.2 Å². The largest absolute Gasteiger partial charge is 0.475 e. The third-order valence-electron chi connectivity index (χ3n) is 1.41. The highest BCUT2D eigenvalue weighted by Gasteiger charge is 2.37. The van der Waals surface area contributed by atoms with Crippen LogP contribution in [-0.4, -0.2) is 9.72 Å². The topological polar surface area (TPSA) is 40.9 Å². The van der Waals surface area contributed by atoms with Crippen molar-refractivity contribution in [1.82, 2.24) is 0 Å². The molecule has 1 atom stereocenters. The molecule has 0 heterocycles. The molecular weight excluding hydrogens is 215 g/mol. The van der Waals surface area contributed by atoms with Crippen LogP contribution in [0.5, 0.6) is 0 Å². The van der Waals surface area contributed by atoms with Gasteiger partial charge in [0.2, 0.25) is 0 Å². The summed E-state index contributed by atoms with van der Waals surface area (Å²) < 4.78 is 46.6. The molecule has 0 spiro atoms. The second kappa shape index (κ2) is 3.80. The highest BCUT2D eigenvalue weighted by atomic mass is 32.2. The molecule has 0 N–H and O–H groups in total. The second-order valence-corrected chi connectivity index (χ2v) is 3.82. The molecule has 0 bridgehead atoms. The molecule has 0 aliphatic heterocycles. The molecule has 1 unspecified atom stereocenters. The van der Waals surface area contributed by atoms with Crippen LogP contribution < -0.4 is 0 Å². The Hall–Kier alpha value is -1.35. The van der Waals surface area contributed by atoms with Gasteiger partial charge in [-0.25, -0.2) is 4.21 Å². The van der Waals surface area contributed by atoms with Gasteiger partial charge in [-0.15, -0.1) is 0 Å². The molecule has 0 saturated carbocycles. The average molecular weight is 219 g/mol. The quantitative estimate of drug-likeness (QED) is 0.726. The Morgan fingerprint density at radius 1 is 1.21 bits per heavy atom. The van der Waals surface area contributed by atoms with E-state index < -0.39 is 16.3 Å². The van der Waals surface area contributed by atoms with E-state index in [0.717, 1.165) is 12.1 Å². The van der Waals surface area contributed by atoms with Crippen LogP contribution >= 0.6 is 0 Å². The highest BCUT2D eigenvalue weighted by Crippen LogP contribution is 2.26. The number of rotatable bonds is 1. The second-order valence-electron chi connectivity index (χ2n) is 2.35. The van der Waals surface area contributed by atoms with Gasteiger partial charge >= 0.3 is 5.51 Å². The fourth-order valence-electron chi connectivity index (χ4n) is 0.787. The Balaban J connectivity index is 3.00. The summed E-state index contributed by atoms with van der Waals surface area (Å²) in [6.07, 6.45) is 0. The van der Waals surface area contributed by atoms with Crippen molar-refractivity contribution in [2.75, 3.05) is 0 Å². The van der Waals surface area contributed by atoms with Crippen molar-refractivity contribution in [3.8, 4) is 6.07 Å². The van der Waals surface area contributed by atoms with Crippen molar-refractivity contribution in [2.24, 2.45) is 0 Å². The number of alkyl halides is 3. The minimum absolute atomic E-state index is 0.230. The van der Waals surface area contributed by atoms with Crippen LogP contribution in [0.2, 0.25) is 0 Å². The van der Waals surface area contributed by atoms with Gasteiger partial charge in [-0.1, -0.05) is 0 Å². The first kappa shape index (κ1) is 10.7. The molecule has 0 radical (unpaired) electrons. The van der Waals surface area contributed by atoms with Gasteiger partial charge in [-0.3, -0.25) is 0 Å².